The summed E-state index contributed by atoms with van der Waals surface area (Å²) in [5, 5.41) is 0. The second-order valence-electron chi connectivity index (χ2n) is 14.1. The van der Waals surface area contributed by atoms with E-state index in [1.165, 1.54) is 33.4 Å². The summed E-state index contributed by atoms with van der Waals surface area (Å²) in [6, 6.07) is 14.5. The fourth-order valence-electron chi connectivity index (χ4n) is 4.51. The monoisotopic (exact) mass is 420 g/mol. The van der Waals surface area contributed by atoms with Crippen molar-refractivity contribution >= 4 is 0 Å². The minimum absolute atomic E-state index is 0.0898. The van der Waals surface area contributed by atoms with E-state index in [2.05, 4.69) is 133 Å². The highest BCUT2D eigenvalue weighted by atomic mass is 14.4. The molecule has 0 saturated carbocycles. The standard InChI is InChI=1S/C31H48/c1-27(2,3)21-15-17-23(29(7,8)9)25(19-21)31(13,14)26-20-22(28(4,5)6)16-18-24(26)30(10,11)12/h15-20H,1-14H3. The molecule has 2 rings (SSSR count). The lowest BCUT2D eigenvalue weighted by Crippen LogP contribution is -2.30. The average Bonchev–Trinajstić information content (AvgIpc) is 2.57. The van der Waals surface area contributed by atoms with Crippen LogP contribution in [-0.4, -0.2) is 0 Å². The summed E-state index contributed by atoms with van der Waals surface area (Å²) in [6.45, 7) is 32.8. The molecule has 2 aromatic rings. The number of hydrogen-bond donors (Lipinski definition) is 0. The normalized spacial score (nSPS) is 14.1. The molecule has 0 aliphatic carbocycles. The maximum absolute atomic E-state index is 2.50. The first-order valence-electron chi connectivity index (χ1n) is 12.0. The highest BCUT2D eigenvalue weighted by Gasteiger charge is 2.35. The fourth-order valence-corrected chi connectivity index (χ4v) is 4.51. The van der Waals surface area contributed by atoms with Crippen molar-refractivity contribution in [2.75, 3.05) is 0 Å². The van der Waals surface area contributed by atoms with Crippen molar-refractivity contribution in [1.29, 1.82) is 0 Å². The van der Waals surface area contributed by atoms with Crippen LogP contribution in [0.1, 0.15) is 130 Å². The lowest BCUT2D eigenvalue weighted by Gasteiger charge is -2.39. The van der Waals surface area contributed by atoms with Crippen LogP contribution in [0.4, 0.5) is 0 Å². The van der Waals surface area contributed by atoms with Crippen LogP contribution in [0.5, 0.6) is 0 Å². The topological polar surface area (TPSA) is 0 Å². The Balaban J connectivity index is 2.94. The molecular weight excluding hydrogens is 372 g/mol. The van der Waals surface area contributed by atoms with Crippen molar-refractivity contribution in [1.82, 2.24) is 0 Å². The molecule has 0 radical (unpaired) electrons. The van der Waals surface area contributed by atoms with Crippen LogP contribution in [0, 0.1) is 0 Å². The molecule has 0 aromatic heterocycles. The molecule has 0 saturated heterocycles. The number of rotatable bonds is 2. The largest absolute Gasteiger partial charge is 0.0582 e. The Kier molecular flexibility index (Phi) is 6.46. The van der Waals surface area contributed by atoms with E-state index in [4.69, 9.17) is 0 Å². The van der Waals surface area contributed by atoms with Gasteiger partial charge in [-0.3, -0.25) is 0 Å². The lowest BCUT2D eigenvalue weighted by atomic mass is 9.65. The van der Waals surface area contributed by atoms with Crippen LogP contribution in [0.2, 0.25) is 0 Å². The first kappa shape index (κ1) is 25.7. The molecule has 0 heterocycles. The van der Waals surface area contributed by atoms with Gasteiger partial charge in [-0.05, 0) is 55.0 Å². The Morgan fingerprint density at radius 2 is 0.645 bits per heavy atom. The minimum Gasteiger partial charge on any atom is -0.0582 e. The van der Waals surface area contributed by atoms with E-state index in [0.29, 0.717) is 0 Å². The summed E-state index contributed by atoms with van der Waals surface area (Å²) >= 11 is 0. The third-order valence-corrected chi connectivity index (χ3v) is 6.73. The van der Waals surface area contributed by atoms with Gasteiger partial charge < -0.3 is 0 Å². The Morgan fingerprint density at radius 3 is 0.871 bits per heavy atom. The average molecular weight is 421 g/mol. The molecule has 0 spiro atoms. The lowest BCUT2D eigenvalue weighted by molar-refractivity contribution is 0.517. The van der Waals surface area contributed by atoms with Crippen LogP contribution in [0.25, 0.3) is 0 Å². The van der Waals surface area contributed by atoms with Crippen molar-refractivity contribution < 1.29 is 0 Å². The number of benzene rings is 2. The second-order valence-corrected chi connectivity index (χ2v) is 14.1. The van der Waals surface area contributed by atoms with Gasteiger partial charge in [0.05, 0.1) is 0 Å². The zero-order chi connectivity index (χ0) is 24.2. The molecule has 0 atom stereocenters. The van der Waals surface area contributed by atoms with Crippen molar-refractivity contribution in [3.63, 3.8) is 0 Å². The molecule has 0 heteroatoms. The summed E-state index contributed by atoms with van der Waals surface area (Å²) in [4.78, 5) is 0. The van der Waals surface area contributed by atoms with Gasteiger partial charge in [-0.2, -0.15) is 0 Å². The van der Waals surface area contributed by atoms with Gasteiger partial charge >= 0.3 is 0 Å². The van der Waals surface area contributed by atoms with Crippen LogP contribution in [0.3, 0.4) is 0 Å². The first-order chi connectivity index (χ1) is 13.7. The zero-order valence-electron chi connectivity index (χ0n) is 23.0. The molecule has 0 amide bonds. The van der Waals surface area contributed by atoms with Crippen molar-refractivity contribution in [2.24, 2.45) is 0 Å². The Hall–Kier alpha value is -1.56. The third-order valence-electron chi connectivity index (χ3n) is 6.73. The van der Waals surface area contributed by atoms with E-state index in [1.807, 2.05) is 0 Å². The van der Waals surface area contributed by atoms with Gasteiger partial charge in [0.25, 0.3) is 0 Å². The molecule has 0 fully saturated rings. The molecular formula is C31H48. The smallest absolute Gasteiger partial charge is 0.0152 e. The quantitative estimate of drug-likeness (QED) is 0.454. The summed E-state index contributed by atoms with van der Waals surface area (Å²) in [6.07, 6.45) is 0. The Morgan fingerprint density at radius 1 is 0.355 bits per heavy atom. The van der Waals surface area contributed by atoms with E-state index >= 15 is 0 Å². The molecule has 0 unspecified atom stereocenters. The molecule has 0 aliphatic heterocycles. The van der Waals surface area contributed by atoms with Gasteiger partial charge in [0.1, 0.15) is 0 Å². The molecule has 2 aromatic carbocycles. The van der Waals surface area contributed by atoms with E-state index in [9.17, 15) is 0 Å². The maximum Gasteiger partial charge on any atom is 0.0152 e. The van der Waals surface area contributed by atoms with Crippen LogP contribution in [-0.2, 0) is 27.1 Å². The molecule has 172 valence electrons. The summed E-state index contributed by atoms with van der Waals surface area (Å²) < 4.78 is 0. The van der Waals surface area contributed by atoms with Crippen LogP contribution in [0.15, 0.2) is 36.4 Å². The second kappa shape index (κ2) is 7.79. The summed E-state index contributed by atoms with van der Waals surface area (Å²) in [7, 11) is 0. The van der Waals surface area contributed by atoms with Gasteiger partial charge in [-0.15, -0.1) is 0 Å². The van der Waals surface area contributed by atoms with E-state index < -0.39 is 0 Å². The van der Waals surface area contributed by atoms with E-state index in [1.54, 1.807) is 0 Å². The van der Waals surface area contributed by atoms with E-state index in [-0.39, 0.29) is 27.1 Å². The van der Waals surface area contributed by atoms with Crippen LogP contribution < -0.4 is 0 Å². The Bertz CT molecular complexity index is 848. The van der Waals surface area contributed by atoms with Crippen molar-refractivity contribution in [2.45, 2.75) is 124 Å². The van der Waals surface area contributed by atoms with Gasteiger partial charge in [0.2, 0.25) is 0 Å². The summed E-state index contributed by atoms with van der Waals surface area (Å²) in [5.74, 6) is 0. The van der Waals surface area contributed by atoms with Gasteiger partial charge in [-0.25, -0.2) is 0 Å². The predicted octanol–water partition coefficient (Wildman–Crippen LogP) is 9.20. The zero-order valence-corrected chi connectivity index (χ0v) is 23.0. The predicted molar refractivity (Wildman–Crippen MR) is 140 cm³/mol. The first-order valence-corrected chi connectivity index (χ1v) is 12.0. The van der Waals surface area contributed by atoms with Gasteiger partial charge in [0.15, 0.2) is 0 Å². The fraction of sp³-hybridized carbons (Fsp3) is 0.613. The molecule has 0 nitrogen and oxygen atoms in total. The van der Waals surface area contributed by atoms with Crippen molar-refractivity contribution in [3.05, 3.63) is 69.8 Å². The SMILES string of the molecule is CC(C)(C)c1ccc(C(C)(C)C)c(C(C)(C)c2cc(C(C)(C)C)ccc2C(C)(C)C)c1. The molecule has 0 N–H and O–H groups in total. The highest BCUT2D eigenvalue weighted by Crippen LogP contribution is 2.44. The molecule has 0 bridgehead atoms. The minimum atomic E-state index is -0.103. The maximum atomic E-state index is 2.50. The van der Waals surface area contributed by atoms with Crippen LogP contribution >= 0.6 is 0 Å². The van der Waals surface area contributed by atoms with Gasteiger partial charge in [0, 0.05) is 5.41 Å². The Labute approximate surface area is 193 Å². The summed E-state index contributed by atoms with van der Waals surface area (Å²) in [5.41, 5.74) is 8.97. The molecule has 0 aliphatic rings. The molecule has 31 heavy (non-hydrogen) atoms. The van der Waals surface area contributed by atoms with E-state index in [0.717, 1.165) is 0 Å². The number of hydrogen-bond acceptors (Lipinski definition) is 0. The van der Waals surface area contributed by atoms with Gasteiger partial charge in [-0.1, -0.05) is 133 Å². The highest BCUT2D eigenvalue weighted by molar-refractivity contribution is 5.52. The van der Waals surface area contributed by atoms with Crippen molar-refractivity contribution in [3.8, 4) is 0 Å². The third kappa shape index (κ3) is 5.44.